The van der Waals surface area contributed by atoms with Gasteiger partial charge in [0.2, 0.25) is 0 Å². The second-order valence-electron chi connectivity index (χ2n) is 5.47. The van der Waals surface area contributed by atoms with Crippen LogP contribution in [0.4, 0.5) is 0 Å². The van der Waals surface area contributed by atoms with Gasteiger partial charge in [0.1, 0.15) is 5.75 Å². The van der Waals surface area contributed by atoms with E-state index in [-0.39, 0.29) is 0 Å². The van der Waals surface area contributed by atoms with Gasteiger partial charge in [-0.25, -0.2) is 0 Å². The lowest BCUT2D eigenvalue weighted by molar-refractivity contribution is 0.413. The van der Waals surface area contributed by atoms with Gasteiger partial charge in [-0.05, 0) is 90.4 Å². The highest BCUT2D eigenvalue weighted by molar-refractivity contribution is 14.1. The standard InChI is InChI=1S/C18H20Cl2INO/c1-12(10-13-11-14(23-2)6-7-18(13)21)22-9-8-15-16(19)4-3-5-17(15)20/h3-7,11-12,22H,8-10H2,1-2H3. The fourth-order valence-corrected chi connectivity index (χ4v) is 3.59. The highest BCUT2D eigenvalue weighted by atomic mass is 127. The summed E-state index contributed by atoms with van der Waals surface area (Å²) < 4.78 is 6.56. The van der Waals surface area contributed by atoms with Crippen LogP contribution in [0.25, 0.3) is 0 Å². The molecule has 0 bridgehead atoms. The number of methoxy groups -OCH3 is 1. The van der Waals surface area contributed by atoms with E-state index in [1.807, 2.05) is 24.3 Å². The van der Waals surface area contributed by atoms with E-state index in [0.717, 1.165) is 40.7 Å². The zero-order chi connectivity index (χ0) is 16.8. The molecule has 5 heteroatoms. The number of nitrogens with one attached hydrogen (secondary N) is 1. The van der Waals surface area contributed by atoms with Crippen molar-refractivity contribution in [3.63, 3.8) is 0 Å². The lowest BCUT2D eigenvalue weighted by Crippen LogP contribution is -2.30. The molecule has 0 amide bonds. The minimum atomic E-state index is 0.358. The van der Waals surface area contributed by atoms with Crippen LogP contribution in [-0.4, -0.2) is 19.7 Å². The van der Waals surface area contributed by atoms with E-state index < -0.39 is 0 Å². The predicted octanol–water partition coefficient (Wildman–Crippen LogP) is 5.37. The lowest BCUT2D eigenvalue weighted by Gasteiger charge is -2.16. The summed E-state index contributed by atoms with van der Waals surface area (Å²) in [6.45, 7) is 3.02. The molecule has 2 aromatic carbocycles. The van der Waals surface area contributed by atoms with E-state index >= 15 is 0 Å². The van der Waals surface area contributed by atoms with Gasteiger partial charge in [-0.1, -0.05) is 29.3 Å². The first-order valence-corrected chi connectivity index (χ1v) is 9.33. The SMILES string of the molecule is COc1ccc(I)c(CC(C)NCCc2c(Cl)cccc2Cl)c1. The van der Waals surface area contributed by atoms with Crippen LogP contribution in [0, 0.1) is 3.57 Å². The van der Waals surface area contributed by atoms with Crippen molar-refractivity contribution in [1.29, 1.82) is 0 Å². The highest BCUT2D eigenvalue weighted by Gasteiger charge is 2.09. The third-order valence-corrected chi connectivity index (χ3v) is 5.47. The van der Waals surface area contributed by atoms with Gasteiger partial charge in [-0.3, -0.25) is 0 Å². The predicted molar refractivity (Wildman–Crippen MR) is 107 cm³/mol. The van der Waals surface area contributed by atoms with Gasteiger partial charge in [-0.15, -0.1) is 0 Å². The molecule has 1 N–H and O–H groups in total. The average molecular weight is 464 g/mol. The smallest absolute Gasteiger partial charge is 0.119 e. The van der Waals surface area contributed by atoms with Gasteiger partial charge in [0.15, 0.2) is 0 Å². The van der Waals surface area contributed by atoms with Crippen LogP contribution < -0.4 is 10.1 Å². The van der Waals surface area contributed by atoms with Crippen LogP contribution in [0.1, 0.15) is 18.1 Å². The second kappa shape index (κ2) is 9.11. The van der Waals surface area contributed by atoms with Crippen LogP contribution in [0.3, 0.4) is 0 Å². The first kappa shape index (κ1) is 18.8. The molecule has 23 heavy (non-hydrogen) atoms. The van der Waals surface area contributed by atoms with E-state index in [9.17, 15) is 0 Å². The molecule has 2 aromatic rings. The first-order chi connectivity index (χ1) is 11.0. The Morgan fingerprint density at radius 1 is 1.17 bits per heavy atom. The molecule has 1 atom stereocenters. The molecule has 0 spiro atoms. The van der Waals surface area contributed by atoms with Crippen LogP contribution in [0.15, 0.2) is 36.4 Å². The molecule has 0 fully saturated rings. The van der Waals surface area contributed by atoms with Crippen molar-refractivity contribution in [3.8, 4) is 5.75 Å². The van der Waals surface area contributed by atoms with E-state index in [2.05, 4.69) is 47.0 Å². The zero-order valence-corrected chi connectivity index (χ0v) is 16.9. The summed E-state index contributed by atoms with van der Waals surface area (Å²) in [5, 5.41) is 5.00. The number of halogens is 3. The monoisotopic (exact) mass is 463 g/mol. The summed E-state index contributed by atoms with van der Waals surface area (Å²) in [6.07, 6.45) is 1.77. The lowest BCUT2D eigenvalue weighted by atomic mass is 10.1. The van der Waals surface area contributed by atoms with Crippen molar-refractivity contribution in [1.82, 2.24) is 5.32 Å². The van der Waals surface area contributed by atoms with Gasteiger partial charge in [-0.2, -0.15) is 0 Å². The van der Waals surface area contributed by atoms with Crippen molar-refractivity contribution in [2.45, 2.75) is 25.8 Å². The second-order valence-corrected chi connectivity index (χ2v) is 7.44. The fourth-order valence-electron chi connectivity index (χ4n) is 2.45. The Bertz CT molecular complexity index is 643. The van der Waals surface area contributed by atoms with Crippen molar-refractivity contribution in [2.24, 2.45) is 0 Å². The highest BCUT2D eigenvalue weighted by Crippen LogP contribution is 2.24. The summed E-state index contributed by atoms with van der Waals surface area (Å²) in [6, 6.07) is 12.2. The third-order valence-electron chi connectivity index (χ3n) is 3.71. The van der Waals surface area contributed by atoms with Gasteiger partial charge < -0.3 is 10.1 Å². The Kier molecular flexibility index (Phi) is 7.47. The Balaban J connectivity index is 1.89. The molecule has 1 unspecified atom stereocenters. The number of benzene rings is 2. The molecule has 0 heterocycles. The van der Waals surface area contributed by atoms with Crippen molar-refractivity contribution in [2.75, 3.05) is 13.7 Å². The summed E-state index contributed by atoms with van der Waals surface area (Å²) in [5.74, 6) is 0.899. The quantitative estimate of drug-likeness (QED) is 0.557. The molecule has 0 aliphatic rings. The van der Waals surface area contributed by atoms with E-state index in [4.69, 9.17) is 27.9 Å². The molecule has 0 saturated heterocycles. The van der Waals surface area contributed by atoms with Crippen LogP contribution in [0.5, 0.6) is 5.75 Å². The van der Waals surface area contributed by atoms with Gasteiger partial charge in [0, 0.05) is 19.7 Å². The number of rotatable bonds is 7. The third kappa shape index (κ3) is 5.52. The maximum Gasteiger partial charge on any atom is 0.119 e. The topological polar surface area (TPSA) is 21.3 Å². The number of hydrogen-bond donors (Lipinski definition) is 1. The van der Waals surface area contributed by atoms with Crippen molar-refractivity contribution >= 4 is 45.8 Å². The maximum atomic E-state index is 6.20. The first-order valence-electron chi connectivity index (χ1n) is 7.50. The van der Waals surface area contributed by atoms with Crippen LogP contribution >= 0.6 is 45.8 Å². The van der Waals surface area contributed by atoms with Gasteiger partial charge in [0.25, 0.3) is 0 Å². The minimum absolute atomic E-state index is 0.358. The van der Waals surface area contributed by atoms with Gasteiger partial charge in [0.05, 0.1) is 7.11 Å². The normalized spacial score (nSPS) is 12.2. The Morgan fingerprint density at radius 3 is 2.52 bits per heavy atom. The summed E-state index contributed by atoms with van der Waals surface area (Å²) in [7, 11) is 1.70. The minimum Gasteiger partial charge on any atom is -0.497 e. The largest absolute Gasteiger partial charge is 0.497 e. The molecule has 0 aromatic heterocycles. The van der Waals surface area contributed by atoms with Crippen molar-refractivity contribution in [3.05, 3.63) is 61.1 Å². The van der Waals surface area contributed by atoms with Crippen LogP contribution in [0.2, 0.25) is 10.0 Å². The molecule has 0 radical (unpaired) electrons. The van der Waals surface area contributed by atoms with Crippen molar-refractivity contribution < 1.29 is 4.74 Å². The molecular weight excluding hydrogens is 444 g/mol. The molecular formula is C18H20Cl2INO. The zero-order valence-electron chi connectivity index (χ0n) is 13.2. The van der Waals surface area contributed by atoms with E-state index in [0.29, 0.717) is 6.04 Å². The fraction of sp³-hybridized carbons (Fsp3) is 0.333. The molecule has 2 nitrogen and oxygen atoms in total. The number of ether oxygens (including phenoxy) is 1. The molecule has 0 aliphatic carbocycles. The maximum absolute atomic E-state index is 6.20. The van der Waals surface area contributed by atoms with Crippen LogP contribution in [-0.2, 0) is 12.8 Å². The Morgan fingerprint density at radius 2 is 1.87 bits per heavy atom. The summed E-state index contributed by atoms with van der Waals surface area (Å²) in [5.41, 5.74) is 2.30. The van der Waals surface area contributed by atoms with Gasteiger partial charge >= 0.3 is 0 Å². The summed E-state index contributed by atoms with van der Waals surface area (Å²) in [4.78, 5) is 0. The Hall–Kier alpha value is -0.490. The van der Waals surface area contributed by atoms with E-state index in [1.54, 1.807) is 7.11 Å². The average Bonchev–Trinajstić information content (AvgIpc) is 2.52. The number of hydrogen-bond acceptors (Lipinski definition) is 2. The van der Waals surface area contributed by atoms with E-state index in [1.165, 1.54) is 9.13 Å². The molecule has 124 valence electrons. The molecule has 0 aliphatic heterocycles. The summed E-state index contributed by atoms with van der Waals surface area (Å²) >= 11 is 14.8. The Labute approximate surface area is 161 Å². The molecule has 0 saturated carbocycles. The molecule has 2 rings (SSSR count).